The van der Waals surface area contributed by atoms with Crippen LogP contribution in [0.5, 0.6) is 11.5 Å². The highest BCUT2D eigenvalue weighted by atomic mass is 16.5. The van der Waals surface area contributed by atoms with Crippen molar-refractivity contribution in [2.24, 2.45) is 17.6 Å². The van der Waals surface area contributed by atoms with E-state index in [1.165, 1.54) is 0 Å². The number of piperidine rings is 1. The molecule has 0 radical (unpaired) electrons. The maximum atomic E-state index is 13.3. The molecule has 8 nitrogen and oxygen atoms in total. The first-order valence-corrected chi connectivity index (χ1v) is 13.3. The number of carbonyl (C=O) groups is 2. The molecule has 37 heavy (non-hydrogen) atoms. The molecular weight excluding hydrogens is 470 g/mol. The van der Waals surface area contributed by atoms with Crippen LogP contribution in [-0.2, 0) is 10.4 Å². The average Bonchev–Trinajstić information content (AvgIpc) is 3.34. The van der Waals surface area contributed by atoms with Crippen LogP contribution in [0.3, 0.4) is 0 Å². The summed E-state index contributed by atoms with van der Waals surface area (Å²) in [7, 11) is 0. The number of aryl methyl sites for hydroxylation is 1. The van der Waals surface area contributed by atoms with Gasteiger partial charge in [-0.1, -0.05) is 36.4 Å². The van der Waals surface area contributed by atoms with Crippen molar-refractivity contribution in [2.45, 2.75) is 63.5 Å². The molecule has 1 aliphatic heterocycles. The predicted octanol–water partition coefficient (Wildman–Crippen LogP) is 4.39. The predicted molar refractivity (Wildman–Crippen MR) is 141 cm³/mol. The third-order valence-corrected chi connectivity index (χ3v) is 7.91. The number of para-hydroxylation sites is 2. The molecule has 2 aromatic carbocycles. The fourth-order valence-corrected chi connectivity index (χ4v) is 5.88. The second kappa shape index (κ2) is 12.0. The molecule has 2 fully saturated rings. The summed E-state index contributed by atoms with van der Waals surface area (Å²) in [6.45, 7) is 3.33. The van der Waals surface area contributed by atoms with E-state index in [9.17, 15) is 14.7 Å². The number of aliphatic hydroxyl groups is 1. The first kappa shape index (κ1) is 26.9. The van der Waals surface area contributed by atoms with Gasteiger partial charge >= 0.3 is 6.09 Å². The summed E-state index contributed by atoms with van der Waals surface area (Å²) in [4.78, 5) is 26.2. The van der Waals surface area contributed by atoms with Crippen LogP contribution in [0.25, 0.3) is 0 Å². The van der Waals surface area contributed by atoms with Gasteiger partial charge in [0.15, 0.2) is 0 Å². The van der Waals surface area contributed by atoms with E-state index < -0.39 is 11.7 Å². The molecule has 200 valence electrons. The van der Waals surface area contributed by atoms with Crippen molar-refractivity contribution in [3.63, 3.8) is 0 Å². The molecule has 1 saturated carbocycles. The summed E-state index contributed by atoms with van der Waals surface area (Å²) in [5.74, 6) is 1.15. The van der Waals surface area contributed by atoms with Crippen molar-refractivity contribution in [3.8, 4) is 11.5 Å². The summed E-state index contributed by atoms with van der Waals surface area (Å²) in [5.41, 5.74) is 6.42. The largest absolute Gasteiger partial charge is 0.465 e. The number of rotatable bonds is 9. The van der Waals surface area contributed by atoms with Crippen molar-refractivity contribution < 1.29 is 24.5 Å². The maximum Gasteiger partial charge on any atom is 0.404 e. The van der Waals surface area contributed by atoms with Crippen molar-refractivity contribution in [2.75, 3.05) is 19.6 Å². The van der Waals surface area contributed by atoms with E-state index in [0.29, 0.717) is 43.0 Å². The number of amides is 2. The van der Waals surface area contributed by atoms with Gasteiger partial charge < -0.3 is 30.9 Å². The van der Waals surface area contributed by atoms with Crippen LogP contribution in [-0.4, -0.2) is 52.8 Å². The van der Waals surface area contributed by atoms with Gasteiger partial charge in [0.05, 0.1) is 5.60 Å². The molecular formula is C29H39N3O5. The number of ether oxygens (including phenoxy) is 1. The lowest BCUT2D eigenvalue weighted by molar-refractivity contribution is -0.141. The first-order valence-electron chi connectivity index (χ1n) is 13.3. The number of hydrogen-bond acceptors (Lipinski definition) is 5. The van der Waals surface area contributed by atoms with E-state index in [0.717, 1.165) is 37.7 Å². The van der Waals surface area contributed by atoms with Crippen LogP contribution in [0.1, 0.15) is 56.1 Å². The normalized spacial score (nSPS) is 23.3. The molecule has 1 saturated heterocycles. The van der Waals surface area contributed by atoms with E-state index in [1.807, 2.05) is 60.4 Å². The molecule has 1 aliphatic carbocycles. The van der Waals surface area contributed by atoms with E-state index >= 15 is 0 Å². The van der Waals surface area contributed by atoms with E-state index in [4.69, 9.17) is 15.6 Å². The Labute approximate surface area is 218 Å². The molecule has 2 amide bonds. The number of carboxylic acid groups (broad SMARTS) is 1. The maximum absolute atomic E-state index is 13.3. The number of nitrogens with zero attached hydrogens (tertiary/aromatic N) is 1. The lowest BCUT2D eigenvalue weighted by atomic mass is 9.73. The number of likely N-dealkylation sites (tertiary alicyclic amines) is 1. The Hall–Kier alpha value is -3.10. The molecule has 8 heteroatoms. The summed E-state index contributed by atoms with van der Waals surface area (Å²) >= 11 is 0. The summed E-state index contributed by atoms with van der Waals surface area (Å²) in [5, 5.41) is 23.8. The van der Waals surface area contributed by atoms with Crippen LogP contribution in [0.2, 0.25) is 0 Å². The minimum absolute atomic E-state index is 0.0433. The van der Waals surface area contributed by atoms with Crippen LogP contribution in [0.4, 0.5) is 4.79 Å². The molecule has 2 aromatic rings. The molecule has 5 N–H and O–H groups in total. The lowest BCUT2D eigenvalue weighted by Crippen LogP contribution is -2.49. The van der Waals surface area contributed by atoms with Gasteiger partial charge in [-0.2, -0.15) is 0 Å². The van der Waals surface area contributed by atoms with Crippen LogP contribution in [0.15, 0.2) is 48.5 Å². The second-order valence-corrected chi connectivity index (χ2v) is 10.5. The van der Waals surface area contributed by atoms with Crippen molar-refractivity contribution in [1.29, 1.82) is 0 Å². The molecule has 4 rings (SSSR count). The fraction of sp³-hybridized carbons (Fsp3) is 0.517. The minimum Gasteiger partial charge on any atom is -0.465 e. The molecule has 0 spiro atoms. The molecule has 2 unspecified atom stereocenters. The van der Waals surface area contributed by atoms with Gasteiger partial charge in [0.1, 0.15) is 11.5 Å². The topological polar surface area (TPSA) is 125 Å². The number of carbonyl (C=O) groups excluding carboxylic acids is 1. The fourth-order valence-electron chi connectivity index (χ4n) is 5.88. The van der Waals surface area contributed by atoms with Crippen molar-refractivity contribution >= 4 is 12.0 Å². The average molecular weight is 510 g/mol. The van der Waals surface area contributed by atoms with Gasteiger partial charge in [0.25, 0.3) is 0 Å². The molecule has 2 aliphatic rings. The quantitative estimate of drug-likeness (QED) is 0.372. The van der Waals surface area contributed by atoms with Crippen molar-refractivity contribution in [1.82, 2.24) is 10.2 Å². The van der Waals surface area contributed by atoms with Gasteiger partial charge in [0.2, 0.25) is 5.91 Å². The summed E-state index contributed by atoms with van der Waals surface area (Å²) in [6, 6.07) is 15.3. The number of nitrogens with two attached hydrogens (primary N) is 1. The zero-order valence-electron chi connectivity index (χ0n) is 21.6. The van der Waals surface area contributed by atoms with E-state index in [1.54, 1.807) is 0 Å². The minimum atomic E-state index is -1.30. The molecule has 0 aromatic heterocycles. The highest BCUT2D eigenvalue weighted by Crippen LogP contribution is 2.44. The SMILES string of the molecule is Cc1ccccc1Oc1ccccc1C(O)(CCCNC(=O)O)C1CCCN(C(=O)[C@@H]2CC[C@H](N)C2)C1. The standard InChI is InChI=1S/C29H39N3O5/c1-20-8-2-4-11-25(20)37-26-12-5-3-10-24(26)29(36,15-7-16-31-28(34)35)22-9-6-17-32(19-22)27(33)21-13-14-23(30)18-21/h2-5,8,10-12,21-23,31,36H,6-7,9,13-19,30H2,1H3,(H,34,35)/t21-,22?,23+,29?/m1/s1. The molecule has 4 atom stereocenters. The number of benzene rings is 2. The Morgan fingerprint density at radius 1 is 1.11 bits per heavy atom. The monoisotopic (exact) mass is 509 g/mol. The first-order chi connectivity index (χ1) is 17.8. The van der Waals surface area contributed by atoms with Crippen molar-refractivity contribution in [3.05, 3.63) is 59.7 Å². The Bertz CT molecular complexity index is 1090. The van der Waals surface area contributed by atoms with Gasteiger partial charge in [-0.05, 0) is 69.6 Å². The van der Waals surface area contributed by atoms with Crippen LogP contribution < -0.4 is 15.8 Å². The lowest BCUT2D eigenvalue weighted by Gasteiger charge is -2.44. The molecule has 1 heterocycles. The number of hydrogen-bond donors (Lipinski definition) is 4. The highest BCUT2D eigenvalue weighted by molar-refractivity contribution is 5.79. The molecule has 0 bridgehead atoms. The Morgan fingerprint density at radius 3 is 2.54 bits per heavy atom. The van der Waals surface area contributed by atoms with E-state index in [-0.39, 0.29) is 30.3 Å². The Kier molecular flexibility index (Phi) is 8.71. The van der Waals surface area contributed by atoms with Gasteiger partial charge in [0, 0.05) is 43.1 Å². The zero-order valence-corrected chi connectivity index (χ0v) is 21.6. The Balaban J connectivity index is 1.61. The zero-order chi connectivity index (χ0) is 26.4. The third-order valence-electron chi connectivity index (χ3n) is 7.91. The number of nitrogens with one attached hydrogen (secondary N) is 1. The van der Waals surface area contributed by atoms with Gasteiger partial charge in [-0.15, -0.1) is 0 Å². The highest BCUT2D eigenvalue weighted by Gasteiger charge is 2.44. The summed E-state index contributed by atoms with van der Waals surface area (Å²) in [6.07, 6.45) is 3.67. The van der Waals surface area contributed by atoms with Gasteiger partial charge in [-0.25, -0.2) is 4.79 Å². The van der Waals surface area contributed by atoms with Gasteiger partial charge in [-0.3, -0.25) is 4.79 Å². The van der Waals surface area contributed by atoms with Crippen LogP contribution >= 0.6 is 0 Å². The second-order valence-electron chi connectivity index (χ2n) is 10.5. The summed E-state index contributed by atoms with van der Waals surface area (Å²) < 4.78 is 6.33. The smallest absolute Gasteiger partial charge is 0.404 e. The van der Waals surface area contributed by atoms with Crippen LogP contribution in [0, 0.1) is 18.8 Å². The van der Waals surface area contributed by atoms with E-state index in [2.05, 4.69) is 5.32 Å². The third kappa shape index (κ3) is 6.43. The Morgan fingerprint density at radius 2 is 1.84 bits per heavy atom.